The number of amides is 1. The van der Waals surface area contributed by atoms with Crippen molar-refractivity contribution in [2.24, 2.45) is 0 Å². The molecular formula is C14H23N3O2. The van der Waals surface area contributed by atoms with E-state index in [-0.39, 0.29) is 11.9 Å². The first-order valence-electron chi connectivity index (χ1n) is 6.36. The fraction of sp³-hybridized carbons (Fsp3) is 0.500. The summed E-state index contributed by atoms with van der Waals surface area (Å²) in [4.78, 5) is 13.9. The van der Waals surface area contributed by atoms with E-state index in [2.05, 4.69) is 5.32 Å². The van der Waals surface area contributed by atoms with Crippen molar-refractivity contribution in [3.63, 3.8) is 0 Å². The second-order valence-electron chi connectivity index (χ2n) is 5.03. The Balaban J connectivity index is 2.68. The molecule has 0 aliphatic carbocycles. The number of hydrogen-bond donors (Lipinski definition) is 3. The Morgan fingerprint density at radius 1 is 1.47 bits per heavy atom. The van der Waals surface area contributed by atoms with Gasteiger partial charge in [0.1, 0.15) is 0 Å². The van der Waals surface area contributed by atoms with E-state index in [0.29, 0.717) is 12.2 Å². The molecule has 0 bridgehead atoms. The second kappa shape index (κ2) is 6.54. The third-order valence-corrected chi connectivity index (χ3v) is 3.10. The molecule has 0 aliphatic heterocycles. The van der Waals surface area contributed by atoms with Gasteiger partial charge in [-0.2, -0.15) is 0 Å². The Kier molecular flexibility index (Phi) is 5.32. The number of aliphatic hydroxyl groups is 1. The van der Waals surface area contributed by atoms with Crippen LogP contribution in [0.1, 0.15) is 19.4 Å². The van der Waals surface area contributed by atoms with E-state index in [9.17, 15) is 9.90 Å². The first-order chi connectivity index (χ1) is 8.81. The quantitative estimate of drug-likeness (QED) is 0.699. The molecule has 1 rings (SSSR count). The fourth-order valence-electron chi connectivity index (χ4n) is 1.84. The van der Waals surface area contributed by atoms with Crippen molar-refractivity contribution in [1.29, 1.82) is 0 Å². The molecule has 4 N–H and O–H groups in total. The smallest absolute Gasteiger partial charge is 0.241 e. The Bertz CT molecular complexity index is 446. The lowest BCUT2D eigenvalue weighted by Crippen LogP contribution is -2.42. The third kappa shape index (κ3) is 4.54. The molecule has 2 unspecified atom stereocenters. The Hall–Kier alpha value is -1.59. The van der Waals surface area contributed by atoms with Gasteiger partial charge in [0.15, 0.2) is 0 Å². The largest absolute Gasteiger partial charge is 0.399 e. The van der Waals surface area contributed by atoms with Gasteiger partial charge in [0.2, 0.25) is 5.91 Å². The van der Waals surface area contributed by atoms with Gasteiger partial charge in [-0.05, 0) is 51.6 Å². The Morgan fingerprint density at radius 2 is 2.11 bits per heavy atom. The van der Waals surface area contributed by atoms with E-state index in [1.807, 2.05) is 31.9 Å². The van der Waals surface area contributed by atoms with E-state index in [1.165, 1.54) is 0 Å². The summed E-state index contributed by atoms with van der Waals surface area (Å²) < 4.78 is 0. The zero-order valence-electron chi connectivity index (χ0n) is 12.0. The summed E-state index contributed by atoms with van der Waals surface area (Å²) in [5.41, 5.74) is 8.04. The van der Waals surface area contributed by atoms with Crippen molar-refractivity contribution in [3.8, 4) is 0 Å². The molecule has 0 fully saturated rings. The molecule has 19 heavy (non-hydrogen) atoms. The number of aliphatic hydroxyl groups excluding tert-OH is 1. The minimum atomic E-state index is -0.460. The van der Waals surface area contributed by atoms with Gasteiger partial charge in [-0.1, -0.05) is 0 Å². The number of nitrogen functional groups attached to an aromatic ring is 1. The number of nitrogens with zero attached hydrogens (tertiary/aromatic N) is 1. The predicted octanol–water partition coefficient (Wildman–Crippen LogP) is 1.22. The molecule has 0 aromatic heterocycles. The second-order valence-corrected chi connectivity index (χ2v) is 5.03. The molecule has 1 aromatic carbocycles. The molecule has 0 heterocycles. The Morgan fingerprint density at radius 3 is 2.63 bits per heavy atom. The van der Waals surface area contributed by atoms with Crippen LogP contribution in [-0.2, 0) is 4.79 Å². The van der Waals surface area contributed by atoms with Crippen molar-refractivity contribution in [2.45, 2.75) is 32.9 Å². The fourth-order valence-corrected chi connectivity index (χ4v) is 1.84. The molecule has 2 atom stereocenters. The van der Waals surface area contributed by atoms with Crippen LogP contribution in [0.4, 0.5) is 11.4 Å². The average Bonchev–Trinajstić information content (AvgIpc) is 2.30. The van der Waals surface area contributed by atoms with Crippen LogP contribution in [-0.4, -0.2) is 41.7 Å². The van der Waals surface area contributed by atoms with Crippen LogP contribution >= 0.6 is 0 Å². The zero-order valence-corrected chi connectivity index (χ0v) is 12.0. The molecular weight excluding hydrogens is 242 g/mol. The van der Waals surface area contributed by atoms with Crippen molar-refractivity contribution in [1.82, 2.24) is 4.90 Å². The number of rotatable bonds is 5. The summed E-state index contributed by atoms with van der Waals surface area (Å²) in [6, 6.07) is 5.06. The maximum atomic E-state index is 12.1. The van der Waals surface area contributed by atoms with Gasteiger partial charge in [0, 0.05) is 17.9 Å². The van der Waals surface area contributed by atoms with E-state index >= 15 is 0 Å². The lowest BCUT2D eigenvalue weighted by atomic mass is 10.1. The SMILES string of the molecule is Cc1cc(N)ccc1NC(=O)C(C)N(C)CC(C)O. The van der Waals surface area contributed by atoms with Crippen LogP contribution in [0.2, 0.25) is 0 Å². The van der Waals surface area contributed by atoms with Crippen LogP contribution in [0.25, 0.3) is 0 Å². The summed E-state index contributed by atoms with van der Waals surface area (Å²) in [6.07, 6.45) is -0.460. The number of benzene rings is 1. The van der Waals surface area contributed by atoms with E-state index < -0.39 is 6.10 Å². The number of hydrogen-bond acceptors (Lipinski definition) is 4. The van der Waals surface area contributed by atoms with Gasteiger partial charge >= 0.3 is 0 Å². The van der Waals surface area contributed by atoms with E-state index in [0.717, 1.165) is 11.3 Å². The molecule has 0 spiro atoms. The highest BCUT2D eigenvalue weighted by molar-refractivity contribution is 5.95. The van der Waals surface area contributed by atoms with Crippen LogP contribution in [0, 0.1) is 6.92 Å². The zero-order chi connectivity index (χ0) is 14.6. The van der Waals surface area contributed by atoms with Crippen LogP contribution in [0.5, 0.6) is 0 Å². The first-order valence-corrected chi connectivity index (χ1v) is 6.36. The molecule has 0 saturated carbocycles. The number of nitrogens with two attached hydrogens (primary N) is 1. The Labute approximate surface area is 114 Å². The predicted molar refractivity (Wildman–Crippen MR) is 78.0 cm³/mol. The van der Waals surface area contributed by atoms with E-state index in [4.69, 9.17) is 5.73 Å². The monoisotopic (exact) mass is 265 g/mol. The lowest BCUT2D eigenvalue weighted by molar-refractivity contribution is -0.120. The lowest BCUT2D eigenvalue weighted by Gasteiger charge is -2.25. The normalized spacial score (nSPS) is 14.2. The number of nitrogens with one attached hydrogen (secondary N) is 1. The molecule has 5 heteroatoms. The summed E-state index contributed by atoms with van der Waals surface area (Å²) in [5.74, 6) is -0.101. The molecule has 1 aromatic rings. The van der Waals surface area contributed by atoms with Crippen molar-refractivity contribution < 1.29 is 9.90 Å². The average molecular weight is 265 g/mol. The van der Waals surface area contributed by atoms with Gasteiger partial charge in [0.05, 0.1) is 12.1 Å². The number of likely N-dealkylation sites (N-methyl/N-ethyl adjacent to an activating group) is 1. The summed E-state index contributed by atoms with van der Waals surface area (Å²) >= 11 is 0. The topological polar surface area (TPSA) is 78.6 Å². The van der Waals surface area contributed by atoms with Crippen LogP contribution in [0.15, 0.2) is 18.2 Å². The number of anilines is 2. The van der Waals surface area contributed by atoms with Gasteiger partial charge in [-0.15, -0.1) is 0 Å². The molecule has 5 nitrogen and oxygen atoms in total. The number of aryl methyl sites for hydroxylation is 1. The highest BCUT2D eigenvalue weighted by Gasteiger charge is 2.19. The van der Waals surface area contributed by atoms with Gasteiger partial charge in [-0.3, -0.25) is 9.69 Å². The number of carbonyl (C=O) groups is 1. The summed E-state index contributed by atoms with van der Waals surface area (Å²) in [5, 5.41) is 12.2. The van der Waals surface area contributed by atoms with Crippen molar-refractivity contribution in [3.05, 3.63) is 23.8 Å². The third-order valence-electron chi connectivity index (χ3n) is 3.10. The first kappa shape index (κ1) is 15.5. The highest BCUT2D eigenvalue weighted by Crippen LogP contribution is 2.18. The van der Waals surface area contributed by atoms with Crippen molar-refractivity contribution in [2.75, 3.05) is 24.6 Å². The minimum absolute atomic E-state index is 0.101. The summed E-state index contributed by atoms with van der Waals surface area (Å²) in [6.45, 7) is 5.86. The molecule has 106 valence electrons. The summed E-state index contributed by atoms with van der Waals surface area (Å²) in [7, 11) is 1.81. The van der Waals surface area contributed by atoms with Gasteiger partial charge < -0.3 is 16.2 Å². The maximum Gasteiger partial charge on any atom is 0.241 e. The van der Waals surface area contributed by atoms with Crippen LogP contribution in [0.3, 0.4) is 0 Å². The standard InChI is InChI=1S/C14H23N3O2/c1-9-7-12(15)5-6-13(9)16-14(19)11(3)17(4)8-10(2)18/h5-7,10-11,18H,8,15H2,1-4H3,(H,16,19). The van der Waals surface area contributed by atoms with E-state index in [1.54, 1.807) is 19.1 Å². The van der Waals surface area contributed by atoms with Crippen LogP contribution < -0.4 is 11.1 Å². The van der Waals surface area contributed by atoms with Crippen molar-refractivity contribution >= 4 is 17.3 Å². The molecule has 0 radical (unpaired) electrons. The molecule has 1 amide bonds. The molecule has 0 aliphatic rings. The minimum Gasteiger partial charge on any atom is -0.399 e. The van der Waals surface area contributed by atoms with Gasteiger partial charge in [-0.25, -0.2) is 0 Å². The highest BCUT2D eigenvalue weighted by atomic mass is 16.3. The maximum absolute atomic E-state index is 12.1. The molecule has 0 saturated heterocycles. The number of carbonyl (C=O) groups excluding carboxylic acids is 1. The van der Waals surface area contributed by atoms with Gasteiger partial charge in [0.25, 0.3) is 0 Å².